The first-order valence-electron chi connectivity index (χ1n) is 8.78. The second-order valence-corrected chi connectivity index (χ2v) is 8.20. The molecule has 5 nitrogen and oxygen atoms in total. The molecule has 26 heavy (non-hydrogen) atoms. The van der Waals surface area contributed by atoms with Gasteiger partial charge in [0.25, 0.3) is 5.56 Å². The van der Waals surface area contributed by atoms with Gasteiger partial charge in [0, 0.05) is 13.0 Å². The Balaban J connectivity index is 2.12. The highest BCUT2D eigenvalue weighted by Gasteiger charge is 2.27. The molecule has 3 heterocycles. The smallest absolute Gasteiger partial charge is 0.333 e. The number of hydrogen-bond acceptors (Lipinski definition) is 3. The van der Waals surface area contributed by atoms with E-state index in [9.17, 15) is 9.59 Å². The van der Waals surface area contributed by atoms with Crippen molar-refractivity contribution >= 4 is 21.6 Å². The van der Waals surface area contributed by atoms with Crippen LogP contribution in [-0.4, -0.2) is 22.7 Å². The van der Waals surface area contributed by atoms with Gasteiger partial charge in [-0.3, -0.25) is 9.36 Å². The van der Waals surface area contributed by atoms with Crippen LogP contribution < -0.4 is 16.1 Å². The second kappa shape index (κ2) is 6.37. The van der Waals surface area contributed by atoms with Gasteiger partial charge in [0.1, 0.15) is 11.4 Å². The summed E-state index contributed by atoms with van der Waals surface area (Å²) in [7, 11) is 2.16. The maximum atomic E-state index is 13.3. The largest absolute Gasteiger partial charge is 0.337 e. The topological polar surface area (TPSA) is 48.4 Å². The number of fused-ring (bicyclic) bond motifs is 3. The molecule has 0 saturated heterocycles. The highest BCUT2D eigenvalue weighted by Crippen LogP contribution is 2.30. The lowest BCUT2D eigenvalue weighted by atomic mass is 10.1. The monoisotopic (exact) mass is 368 g/mol. The molecule has 3 aromatic rings. The van der Waals surface area contributed by atoms with E-state index >= 15 is 0 Å². The lowest BCUT2D eigenvalue weighted by Crippen LogP contribution is -3.08. The van der Waals surface area contributed by atoms with Crippen molar-refractivity contribution in [3.63, 3.8) is 0 Å². The van der Waals surface area contributed by atoms with E-state index in [-0.39, 0.29) is 11.2 Å². The second-order valence-electron chi connectivity index (χ2n) is 7.12. The molecule has 0 spiro atoms. The number of nitrogens with one attached hydrogen (secondary N) is 1. The van der Waals surface area contributed by atoms with E-state index in [0.717, 1.165) is 35.5 Å². The normalized spacial score (nSPS) is 16.6. The molecule has 0 bridgehead atoms. The van der Waals surface area contributed by atoms with Crippen molar-refractivity contribution in [1.82, 2.24) is 9.13 Å². The maximum Gasteiger partial charge on any atom is 0.337 e. The van der Waals surface area contributed by atoms with Crippen LogP contribution in [0.5, 0.6) is 0 Å². The molecule has 0 radical (unpaired) electrons. The number of hydrogen-bond donors (Lipinski definition) is 1. The first-order chi connectivity index (χ1) is 12.5. The van der Waals surface area contributed by atoms with E-state index in [1.807, 2.05) is 25.1 Å². The van der Waals surface area contributed by atoms with Crippen LogP contribution >= 0.6 is 11.3 Å². The molecule has 0 fully saturated rings. The first kappa shape index (κ1) is 17.0. The van der Waals surface area contributed by atoms with Crippen molar-refractivity contribution in [1.29, 1.82) is 0 Å². The third-order valence-electron chi connectivity index (χ3n) is 4.86. The molecule has 1 atom stereocenters. The minimum atomic E-state index is -0.295. The van der Waals surface area contributed by atoms with E-state index < -0.39 is 0 Å². The Morgan fingerprint density at radius 1 is 1.27 bits per heavy atom. The van der Waals surface area contributed by atoms with Gasteiger partial charge in [-0.15, -0.1) is 11.3 Å². The summed E-state index contributed by atoms with van der Waals surface area (Å²) < 4.78 is 3.02. The molecule has 2 aromatic heterocycles. The SMILES string of the molecule is C=C(C)Cn1c(=O)n(-c2ccccc2)c(=O)c2c3c(sc21)C[NH+](C)CC3. The summed E-state index contributed by atoms with van der Waals surface area (Å²) in [6.07, 6.45) is 0.871. The van der Waals surface area contributed by atoms with Gasteiger partial charge in [0.05, 0.1) is 29.5 Å². The third kappa shape index (κ3) is 2.66. The van der Waals surface area contributed by atoms with E-state index in [0.29, 0.717) is 17.6 Å². The fourth-order valence-electron chi connectivity index (χ4n) is 3.64. The zero-order valence-corrected chi connectivity index (χ0v) is 15.9. The highest BCUT2D eigenvalue weighted by atomic mass is 32.1. The Kier molecular flexibility index (Phi) is 4.17. The molecule has 1 aliphatic heterocycles. The van der Waals surface area contributed by atoms with E-state index in [1.165, 1.54) is 14.3 Å². The molecule has 0 amide bonds. The van der Waals surface area contributed by atoms with E-state index in [1.54, 1.807) is 28.0 Å². The average Bonchev–Trinajstić information content (AvgIpc) is 2.98. The van der Waals surface area contributed by atoms with Crippen LogP contribution in [0.25, 0.3) is 15.9 Å². The summed E-state index contributed by atoms with van der Waals surface area (Å²) in [4.78, 5) is 30.0. The van der Waals surface area contributed by atoms with Crippen LogP contribution in [0.15, 0.2) is 52.1 Å². The number of likely N-dealkylation sites (N-methyl/N-ethyl adjacent to an activating group) is 1. The number of aromatic nitrogens is 2. The van der Waals surface area contributed by atoms with Crippen LogP contribution in [0.1, 0.15) is 17.4 Å². The van der Waals surface area contributed by atoms with Gasteiger partial charge in [-0.05, 0) is 24.6 Å². The molecular weight excluding hydrogens is 346 g/mol. The van der Waals surface area contributed by atoms with Crippen LogP contribution in [0.2, 0.25) is 0 Å². The molecular formula is C20H22N3O2S+. The van der Waals surface area contributed by atoms with E-state index in [2.05, 4.69) is 13.6 Å². The zero-order valence-electron chi connectivity index (χ0n) is 15.0. The van der Waals surface area contributed by atoms with Gasteiger partial charge < -0.3 is 4.90 Å². The van der Waals surface area contributed by atoms with Crippen LogP contribution in [0.3, 0.4) is 0 Å². The molecule has 134 valence electrons. The number of para-hydroxylation sites is 1. The molecule has 1 N–H and O–H groups in total. The van der Waals surface area contributed by atoms with Crippen molar-refractivity contribution in [2.45, 2.75) is 26.4 Å². The maximum absolute atomic E-state index is 13.3. The minimum Gasteiger partial charge on any atom is -0.333 e. The Morgan fingerprint density at radius 3 is 2.69 bits per heavy atom. The van der Waals surface area contributed by atoms with Crippen LogP contribution in [0.4, 0.5) is 0 Å². The summed E-state index contributed by atoms with van der Waals surface area (Å²) >= 11 is 1.59. The van der Waals surface area contributed by atoms with Gasteiger partial charge in [0.2, 0.25) is 0 Å². The zero-order chi connectivity index (χ0) is 18.4. The Hall–Kier alpha value is -2.44. The van der Waals surface area contributed by atoms with Crippen molar-refractivity contribution < 1.29 is 4.90 Å². The van der Waals surface area contributed by atoms with Gasteiger partial charge in [-0.1, -0.05) is 30.4 Å². The van der Waals surface area contributed by atoms with Crippen LogP contribution in [0, 0.1) is 0 Å². The number of rotatable bonds is 3. The Labute approximate surface area is 155 Å². The summed E-state index contributed by atoms with van der Waals surface area (Å²) in [5.74, 6) is 0. The number of thiophene rings is 1. The standard InChI is InChI=1S/C20H21N3O2S/c1-13(2)11-22-19-17(15-9-10-21(3)12-16(15)26-19)18(24)23(20(22)25)14-7-5-4-6-8-14/h4-8H,1,9-12H2,2-3H3/p+1. The quantitative estimate of drug-likeness (QED) is 0.710. The van der Waals surface area contributed by atoms with Crippen molar-refractivity contribution in [2.24, 2.45) is 0 Å². The molecule has 1 unspecified atom stereocenters. The molecule has 4 rings (SSSR count). The first-order valence-corrected chi connectivity index (χ1v) is 9.60. The summed E-state index contributed by atoms with van der Waals surface area (Å²) in [5, 5.41) is 0.710. The molecule has 0 saturated carbocycles. The molecule has 6 heteroatoms. The van der Waals surface area contributed by atoms with E-state index in [4.69, 9.17) is 0 Å². The fraction of sp³-hybridized carbons (Fsp3) is 0.300. The summed E-state index contributed by atoms with van der Waals surface area (Å²) in [5.41, 5.74) is 2.13. The van der Waals surface area contributed by atoms with Gasteiger partial charge in [-0.2, -0.15) is 0 Å². The average molecular weight is 368 g/mol. The fourth-order valence-corrected chi connectivity index (χ4v) is 5.08. The number of nitrogens with zero attached hydrogens (tertiary/aromatic N) is 2. The highest BCUT2D eigenvalue weighted by molar-refractivity contribution is 7.18. The Morgan fingerprint density at radius 2 is 2.00 bits per heavy atom. The Bertz CT molecular complexity index is 1120. The third-order valence-corrected chi connectivity index (χ3v) is 6.12. The van der Waals surface area contributed by atoms with Crippen molar-refractivity contribution in [3.05, 3.63) is 73.8 Å². The summed E-state index contributed by atoms with van der Waals surface area (Å²) in [6, 6.07) is 9.17. The summed E-state index contributed by atoms with van der Waals surface area (Å²) in [6.45, 7) is 8.20. The lowest BCUT2D eigenvalue weighted by molar-refractivity contribution is -0.895. The molecule has 1 aromatic carbocycles. The van der Waals surface area contributed by atoms with Gasteiger partial charge >= 0.3 is 5.69 Å². The lowest BCUT2D eigenvalue weighted by Gasteiger charge is -2.19. The molecule has 1 aliphatic rings. The molecule has 0 aliphatic carbocycles. The number of quaternary nitrogens is 1. The number of benzene rings is 1. The van der Waals surface area contributed by atoms with Crippen molar-refractivity contribution in [3.8, 4) is 5.69 Å². The van der Waals surface area contributed by atoms with Crippen molar-refractivity contribution in [2.75, 3.05) is 13.6 Å². The minimum absolute atomic E-state index is 0.203. The predicted octanol–water partition coefficient (Wildman–Crippen LogP) is 1.36. The van der Waals surface area contributed by atoms with Gasteiger partial charge in [-0.25, -0.2) is 9.36 Å². The predicted molar refractivity (Wildman–Crippen MR) is 106 cm³/mol. The number of allylic oxidation sites excluding steroid dienone is 1. The van der Waals surface area contributed by atoms with Crippen LogP contribution in [-0.2, 0) is 19.5 Å². The van der Waals surface area contributed by atoms with Gasteiger partial charge in [0.15, 0.2) is 0 Å².